The molecule has 0 spiro atoms. The summed E-state index contributed by atoms with van der Waals surface area (Å²) in [6.45, 7) is 0.724. The van der Waals surface area contributed by atoms with E-state index in [2.05, 4.69) is 32.5 Å². The van der Waals surface area contributed by atoms with E-state index in [9.17, 15) is 0 Å². The highest BCUT2D eigenvalue weighted by Gasteiger charge is 2.20. The van der Waals surface area contributed by atoms with Gasteiger partial charge in [0.2, 0.25) is 0 Å². The number of pyridine rings is 1. The van der Waals surface area contributed by atoms with E-state index in [-0.39, 0.29) is 0 Å². The molecule has 0 unspecified atom stereocenters. The van der Waals surface area contributed by atoms with E-state index < -0.39 is 0 Å². The minimum absolute atomic E-state index is 0.604. The second-order valence-electron chi connectivity index (χ2n) is 5.55. The number of nitrogens with zero attached hydrogens (tertiary/aromatic N) is 6. The van der Waals surface area contributed by atoms with Crippen LogP contribution in [0.5, 0.6) is 0 Å². The molecule has 112 valence electrons. The summed E-state index contributed by atoms with van der Waals surface area (Å²) in [6, 6.07) is 4.24. The Morgan fingerprint density at radius 3 is 2.81 bits per heavy atom. The Hall–Kier alpha value is -1.53. The molecule has 1 aliphatic rings. The van der Waals surface area contributed by atoms with Crippen molar-refractivity contribution in [2.24, 2.45) is 0 Å². The highest BCUT2D eigenvalue weighted by molar-refractivity contribution is 6.30. The van der Waals surface area contributed by atoms with Gasteiger partial charge in [-0.15, -0.1) is 5.10 Å². The lowest BCUT2D eigenvalue weighted by atomic mass is 9.94. The van der Waals surface area contributed by atoms with Crippen LogP contribution >= 0.6 is 11.6 Å². The maximum atomic E-state index is 5.87. The summed E-state index contributed by atoms with van der Waals surface area (Å²) in [5.41, 5.74) is 0. The molecule has 0 aliphatic heterocycles. The maximum Gasteiger partial charge on any atom is 0.172 e. The highest BCUT2D eigenvalue weighted by atomic mass is 35.5. The minimum Gasteiger partial charge on any atom is -0.296 e. The van der Waals surface area contributed by atoms with Crippen molar-refractivity contribution in [1.82, 2.24) is 30.1 Å². The van der Waals surface area contributed by atoms with Gasteiger partial charge < -0.3 is 0 Å². The fraction of sp³-hybridized carbons (Fsp3) is 0.571. The summed E-state index contributed by atoms with van der Waals surface area (Å²) in [5, 5.41) is 12.6. The average Bonchev–Trinajstić information content (AvgIpc) is 2.97. The smallest absolute Gasteiger partial charge is 0.172 e. The number of rotatable bonds is 4. The van der Waals surface area contributed by atoms with Crippen molar-refractivity contribution in [3.63, 3.8) is 0 Å². The summed E-state index contributed by atoms with van der Waals surface area (Å²) < 4.78 is 1.68. The first-order valence-corrected chi connectivity index (χ1v) is 7.71. The van der Waals surface area contributed by atoms with Crippen LogP contribution in [0.3, 0.4) is 0 Å². The van der Waals surface area contributed by atoms with E-state index in [0.29, 0.717) is 16.9 Å². The predicted molar refractivity (Wildman–Crippen MR) is 80.3 cm³/mol. The van der Waals surface area contributed by atoms with Crippen molar-refractivity contribution >= 4 is 11.6 Å². The van der Waals surface area contributed by atoms with Crippen molar-refractivity contribution in [2.45, 2.75) is 44.7 Å². The third-order valence-corrected chi connectivity index (χ3v) is 4.28. The van der Waals surface area contributed by atoms with Crippen molar-refractivity contribution in [3.8, 4) is 5.82 Å². The zero-order chi connectivity index (χ0) is 14.7. The van der Waals surface area contributed by atoms with E-state index >= 15 is 0 Å². The largest absolute Gasteiger partial charge is 0.296 e. The fourth-order valence-corrected chi connectivity index (χ4v) is 2.96. The number of hydrogen-bond donors (Lipinski definition) is 0. The van der Waals surface area contributed by atoms with Gasteiger partial charge in [0.1, 0.15) is 0 Å². The molecule has 1 aliphatic carbocycles. The number of hydrogen-bond acceptors (Lipinski definition) is 5. The lowest BCUT2D eigenvalue weighted by Crippen LogP contribution is -2.33. The van der Waals surface area contributed by atoms with E-state index in [0.717, 1.165) is 12.4 Å². The lowest BCUT2D eigenvalue weighted by Gasteiger charge is -2.30. The van der Waals surface area contributed by atoms with Crippen molar-refractivity contribution in [1.29, 1.82) is 0 Å². The molecule has 0 amide bonds. The van der Waals surface area contributed by atoms with Crippen molar-refractivity contribution < 1.29 is 0 Å². The molecule has 2 heterocycles. The van der Waals surface area contributed by atoms with E-state index in [1.165, 1.54) is 32.1 Å². The van der Waals surface area contributed by atoms with Gasteiger partial charge in [0.15, 0.2) is 11.6 Å². The first-order valence-electron chi connectivity index (χ1n) is 7.33. The molecule has 1 fully saturated rings. The zero-order valence-electron chi connectivity index (χ0n) is 12.1. The Bertz CT molecular complexity index is 575. The third kappa shape index (κ3) is 3.39. The molecule has 3 rings (SSSR count). The molecule has 21 heavy (non-hydrogen) atoms. The van der Waals surface area contributed by atoms with E-state index in [1.54, 1.807) is 16.9 Å². The molecule has 0 N–H and O–H groups in total. The lowest BCUT2D eigenvalue weighted by molar-refractivity contribution is 0.179. The SMILES string of the molecule is CN(Cc1nnnn1-c1ccc(Cl)cn1)C1CCCCC1. The second kappa shape index (κ2) is 6.49. The quantitative estimate of drug-likeness (QED) is 0.868. The monoisotopic (exact) mass is 306 g/mol. The number of tetrazole rings is 1. The molecule has 2 aromatic heterocycles. The van der Waals surface area contributed by atoms with Gasteiger partial charge >= 0.3 is 0 Å². The Labute approximate surface area is 129 Å². The fourth-order valence-electron chi connectivity index (χ4n) is 2.85. The standard InChI is InChI=1S/C14H19ClN6/c1-20(12-5-3-2-4-6-12)10-14-17-18-19-21(14)13-8-7-11(15)9-16-13/h7-9,12H,2-6,10H2,1H3. The van der Waals surface area contributed by atoms with Gasteiger partial charge in [-0.1, -0.05) is 30.9 Å². The Kier molecular flexibility index (Phi) is 4.45. The predicted octanol–water partition coefficient (Wildman–Crippen LogP) is 2.48. The summed E-state index contributed by atoms with van der Waals surface area (Å²) in [5.74, 6) is 1.49. The van der Waals surface area contributed by atoms with Crippen LogP contribution in [0.1, 0.15) is 37.9 Å². The van der Waals surface area contributed by atoms with E-state index in [4.69, 9.17) is 11.6 Å². The van der Waals surface area contributed by atoms with E-state index in [1.807, 2.05) is 6.07 Å². The van der Waals surface area contributed by atoms with Crippen LogP contribution in [0.15, 0.2) is 18.3 Å². The summed E-state index contributed by atoms with van der Waals surface area (Å²) >= 11 is 5.87. The Morgan fingerprint density at radius 1 is 1.29 bits per heavy atom. The van der Waals surface area contributed by atoms with Crippen LogP contribution in [0.25, 0.3) is 5.82 Å². The molecule has 0 aromatic carbocycles. The van der Waals surface area contributed by atoms with Gasteiger partial charge in [-0.05, 0) is 42.4 Å². The van der Waals surface area contributed by atoms with Gasteiger partial charge in [0.05, 0.1) is 11.6 Å². The first kappa shape index (κ1) is 14.4. The molecule has 1 saturated carbocycles. The molecule has 0 bridgehead atoms. The van der Waals surface area contributed by atoms with Gasteiger partial charge in [0.25, 0.3) is 0 Å². The first-order chi connectivity index (χ1) is 10.2. The van der Waals surface area contributed by atoms with Crippen LogP contribution < -0.4 is 0 Å². The summed E-state index contributed by atoms with van der Waals surface area (Å²) in [4.78, 5) is 6.62. The molecular formula is C14H19ClN6. The molecular weight excluding hydrogens is 288 g/mol. The van der Waals surface area contributed by atoms with Gasteiger partial charge in [-0.25, -0.2) is 4.98 Å². The Morgan fingerprint density at radius 2 is 2.10 bits per heavy atom. The zero-order valence-corrected chi connectivity index (χ0v) is 12.9. The maximum absolute atomic E-state index is 5.87. The summed E-state index contributed by atoms with van der Waals surface area (Å²) in [7, 11) is 2.14. The molecule has 6 nitrogen and oxygen atoms in total. The van der Waals surface area contributed by atoms with Crippen molar-refractivity contribution in [3.05, 3.63) is 29.2 Å². The second-order valence-corrected chi connectivity index (χ2v) is 5.98. The Balaban J connectivity index is 1.74. The van der Waals surface area contributed by atoms with Gasteiger partial charge in [-0.2, -0.15) is 4.68 Å². The van der Waals surface area contributed by atoms with Crippen LogP contribution in [-0.2, 0) is 6.54 Å². The molecule has 7 heteroatoms. The number of aromatic nitrogens is 5. The normalized spacial score (nSPS) is 16.5. The van der Waals surface area contributed by atoms with Gasteiger partial charge in [0, 0.05) is 12.2 Å². The van der Waals surface area contributed by atoms with Crippen LogP contribution in [0.2, 0.25) is 5.02 Å². The molecule has 0 radical (unpaired) electrons. The average molecular weight is 307 g/mol. The van der Waals surface area contributed by atoms with Crippen molar-refractivity contribution in [2.75, 3.05) is 7.05 Å². The van der Waals surface area contributed by atoms with Crippen LogP contribution in [0.4, 0.5) is 0 Å². The molecule has 2 aromatic rings. The third-order valence-electron chi connectivity index (χ3n) is 4.05. The van der Waals surface area contributed by atoms with Gasteiger partial charge in [-0.3, -0.25) is 4.90 Å². The minimum atomic E-state index is 0.604. The topological polar surface area (TPSA) is 59.7 Å². The molecule has 0 atom stereocenters. The number of halogens is 1. The highest BCUT2D eigenvalue weighted by Crippen LogP contribution is 2.22. The summed E-state index contributed by atoms with van der Waals surface area (Å²) in [6.07, 6.45) is 8.12. The molecule has 0 saturated heterocycles. The van der Waals surface area contributed by atoms with Crippen LogP contribution in [0, 0.1) is 0 Å². The van der Waals surface area contributed by atoms with Crippen LogP contribution in [-0.4, -0.2) is 43.2 Å².